The molecule has 5 rings (SSSR count). The zero-order chi connectivity index (χ0) is 20.9. The van der Waals surface area contributed by atoms with Crippen molar-refractivity contribution in [1.82, 2.24) is 19.6 Å². The number of hydrogen-bond donors (Lipinski definition) is 0. The quantitative estimate of drug-likeness (QED) is 0.250. The molecule has 4 aromatic rings. The van der Waals surface area contributed by atoms with Gasteiger partial charge >= 0.3 is 0 Å². The molecule has 0 bridgehead atoms. The van der Waals surface area contributed by atoms with Crippen LogP contribution in [0.1, 0.15) is 36.3 Å². The monoisotopic (exact) mass is 476 g/mol. The van der Waals surface area contributed by atoms with Crippen molar-refractivity contribution in [2.75, 3.05) is 6.26 Å². The standard InChI is InChI=1S/C21H21ClN4OS3/c1-4-21(2)9-14-15(10-27-21)30-18-16(14)17-24-25-20(26(17)19(23-18)28-3)29-11-12-5-7-13(22)8-6-12/h5-8H,4,9-11H2,1-3H3/t21-/m0/s1. The van der Waals surface area contributed by atoms with E-state index in [4.69, 9.17) is 21.3 Å². The predicted octanol–water partition coefficient (Wildman–Crippen LogP) is 6.25. The van der Waals surface area contributed by atoms with Gasteiger partial charge in [0.05, 0.1) is 17.6 Å². The van der Waals surface area contributed by atoms with Crippen molar-refractivity contribution < 1.29 is 4.74 Å². The van der Waals surface area contributed by atoms with Gasteiger partial charge in [0.25, 0.3) is 0 Å². The molecule has 0 radical (unpaired) electrons. The number of thioether (sulfide) groups is 2. The fourth-order valence-electron chi connectivity index (χ4n) is 3.70. The largest absolute Gasteiger partial charge is 0.369 e. The Morgan fingerprint density at radius 1 is 1.23 bits per heavy atom. The van der Waals surface area contributed by atoms with Crippen LogP contribution in [0.4, 0.5) is 0 Å². The minimum absolute atomic E-state index is 0.137. The summed E-state index contributed by atoms with van der Waals surface area (Å²) in [5.41, 5.74) is 3.30. The van der Waals surface area contributed by atoms with E-state index >= 15 is 0 Å². The highest BCUT2D eigenvalue weighted by molar-refractivity contribution is 7.99. The first-order chi connectivity index (χ1) is 14.5. The van der Waals surface area contributed by atoms with Crippen LogP contribution >= 0.6 is 46.5 Å². The lowest BCUT2D eigenvalue weighted by molar-refractivity contribution is -0.0542. The van der Waals surface area contributed by atoms with Gasteiger partial charge in [-0.1, -0.05) is 54.2 Å². The topological polar surface area (TPSA) is 52.3 Å². The minimum Gasteiger partial charge on any atom is -0.369 e. The van der Waals surface area contributed by atoms with E-state index in [2.05, 4.69) is 28.4 Å². The predicted molar refractivity (Wildman–Crippen MR) is 126 cm³/mol. The summed E-state index contributed by atoms with van der Waals surface area (Å²) in [4.78, 5) is 7.27. The van der Waals surface area contributed by atoms with Crippen molar-refractivity contribution in [2.45, 2.75) is 55.0 Å². The first-order valence-electron chi connectivity index (χ1n) is 9.76. The van der Waals surface area contributed by atoms with Crippen LogP contribution in [0.5, 0.6) is 0 Å². The van der Waals surface area contributed by atoms with E-state index in [-0.39, 0.29) is 5.60 Å². The van der Waals surface area contributed by atoms with Crippen molar-refractivity contribution in [1.29, 1.82) is 0 Å². The molecule has 0 N–H and O–H groups in total. The zero-order valence-corrected chi connectivity index (χ0v) is 20.1. The van der Waals surface area contributed by atoms with Gasteiger partial charge < -0.3 is 4.74 Å². The van der Waals surface area contributed by atoms with Crippen LogP contribution in [0, 0.1) is 0 Å². The van der Waals surface area contributed by atoms with Crippen LogP contribution in [0.15, 0.2) is 34.6 Å². The van der Waals surface area contributed by atoms with Crippen molar-refractivity contribution in [3.05, 3.63) is 45.3 Å². The molecule has 156 valence electrons. The molecule has 0 unspecified atom stereocenters. The third-order valence-electron chi connectivity index (χ3n) is 5.63. The highest BCUT2D eigenvalue weighted by atomic mass is 35.5. The van der Waals surface area contributed by atoms with Gasteiger partial charge in [-0.25, -0.2) is 9.38 Å². The van der Waals surface area contributed by atoms with Gasteiger partial charge in [0.15, 0.2) is 16.0 Å². The molecule has 0 spiro atoms. The van der Waals surface area contributed by atoms with E-state index < -0.39 is 0 Å². The van der Waals surface area contributed by atoms with Gasteiger partial charge in [0, 0.05) is 22.1 Å². The van der Waals surface area contributed by atoms with Crippen LogP contribution in [-0.4, -0.2) is 31.4 Å². The molecule has 1 atom stereocenters. The highest BCUT2D eigenvalue weighted by Gasteiger charge is 2.33. The molecular formula is C21H21ClN4OS3. The van der Waals surface area contributed by atoms with E-state index in [1.165, 1.54) is 16.0 Å². The number of ether oxygens (including phenoxy) is 1. The van der Waals surface area contributed by atoms with Crippen LogP contribution in [0.2, 0.25) is 5.02 Å². The summed E-state index contributed by atoms with van der Waals surface area (Å²) in [5.74, 6) is 0.799. The van der Waals surface area contributed by atoms with Crippen LogP contribution in [-0.2, 0) is 23.5 Å². The maximum Gasteiger partial charge on any atom is 0.198 e. The van der Waals surface area contributed by atoms with E-state index in [0.29, 0.717) is 6.61 Å². The molecule has 3 aromatic heterocycles. The van der Waals surface area contributed by atoms with Crippen LogP contribution in [0.25, 0.3) is 15.9 Å². The number of nitrogens with zero attached hydrogens (tertiary/aromatic N) is 4. The maximum atomic E-state index is 6.16. The molecular weight excluding hydrogens is 456 g/mol. The van der Waals surface area contributed by atoms with Gasteiger partial charge in [0.1, 0.15) is 4.83 Å². The Kier molecular flexibility index (Phi) is 5.48. The Hall–Kier alpha value is -1.32. The highest BCUT2D eigenvalue weighted by Crippen LogP contribution is 2.42. The summed E-state index contributed by atoms with van der Waals surface area (Å²) in [5, 5.41) is 12.8. The van der Waals surface area contributed by atoms with E-state index in [9.17, 15) is 0 Å². The Morgan fingerprint density at radius 3 is 2.77 bits per heavy atom. The molecule has 0 saturated carbocycles. The lowest BCUT2D eigenvalue weighted by atomic mass is 9.90. The zero-order valence-electron chi connectivity index (χ0n) is 16.9. The minimum atomic E-state index is -0.137. The van der Waals surface area contributed by atoms with Gasteiger partial charge in [-0.15, -0.1) is 21.5 Å². The third-order valence-corrected chi connectivity index (χ3v) is 8.62. The fourth-order valence-corrected chi connectivity index (χ4v) is 6.47. The number of rotatable bonds is 5. The maximum absolute atomic E-state index is 6.16. The Balaban J connectivity index is 1.60. The molecule has 4 heterocycles. The lowest BCUT2D eigenvalue weighted by Crippen LogP contribution is -2.33. The molecule has 30 heavy (non-hydrogen) atoms. The molecule has 9 heteroatoms. The average Bonchev–Trinajstić information content (AvgIpc) is 3.33. The summed E-state index contributed by atoms with van der Waals surface area (Å²) in [6.07, 6.45) is 3.91. The SMILES string of the molecule is CC[C@@]1(C)Cc2c(sc3nc(SC)n4c(SCc5ccc(Cl)cc5)nnc4c23)CO1. The van der Waals surface area contributed by atoms with Gasteiger partial charge in [0.2, 0.25) is 0 Å². The summed E-state index contributed by atoms with van der Waals surface area (Å²) < 4.78 is 8.27. The van der Waals surface area contributed by atoms with Crippen LogP contribution < -0.4 is 0 Å². The van der Waals surface area contributed by atoms with Crippen molar-refractivity contribution >= 4 is 62.3 Å². The van der Waals surface area contributed by atoms with E-state index in [0.717, 1.165) is 49.8 Å². The summed E-state index contributed by atoms with van der Waals surface area (Å²) >= 11 is 11.0. The Labute approximate surface area is 192 Å². The first kappa shape index (κ1) is 20.6. The molecule has 0 fully saturated rings. The Morgan fingerprint density at radius 2 is 2.03 bits per heavy atom. The van der Waals surface area contributed by atoms with Crippen molar-refractivity contribution in [3.63, 3.8) is 0 Å². The normalized spacial score (nSPS) is 18.9. The molecule has 5 nitrogen and oxygen atoms in total. The lowest BCUT2D eigenvalue weighted by Gasteiger charge is -2.32. The van der Waals surface area contributed by atoms with Gasteiger partial charge in [-0.2, -0.15) is 0 Å². The van der Waals surface area contributed by atoms with E-state index in [1.807, 2.05) is 30.5 Å². The molecule has 1 aromatic carbocycles. The van der Waals surface area contributed by atoms with E-state index in [1.54, 1.807) is 34.9 Å². The number of benzene rings is 1. The molecule has 0 aliphatic carbocycles. The molecule has 1 aliphatic heterocycles. The smallest absolute Gasteiger partial charge is 0.198 e. The number of thiophene rings is 1. The molecule has 0 saturated heterocycles. The summed E-state index contributed by atoms with van der Waals surface area (Å²) in [6, 6.07) is 7.93. The van der Waals surface area contributed by atoms with Crippen molar-refractivity contribution in [2.24, 2.45) is 0 Å². The first-order valence-corrected chi connectivity index (χ1v) is 13.2. The second-order valence-electron chi connectivity index (χ2n) is 7.61. The van der Waals surface area contributed by atoms with Crippen molar-refractivity contribution in [3.8, 4) is 0 Å². The Bertz CT molecular complexity index is 1240. The summed E-state index contributed by atoms with van der Waals surface area (Å²) in [7, 11) is 0. The number of hydrogen-bond acceptors (Lipinski definition) is 7. The van der Waals surface area contributed by atoms with Crippen LogP contribution in [0.3, 0.4) is 0 Å². The second kappa shape index (κ2) is 7.98. The number of aromatic nitrogens is 4. The molecule has 1 aliphatic rings. The fraction of sp³-hybridized carbons (Fsp3) is 0.381. The van der Waals surface area contributed by atoms with Gasteiger partial charge in [-0.3, -0.25) is 0 Å². The third kappa shape index (κ3) is 3.52. The molecule has 0 amide bonds. The number of fused-ring (bicyclic) bond motifs is 5. The number of halogens is 1. The average molecular weight is 477 g/mol. The van der Waals surface area contributed by atoms with Gasteiger partial charge in [-0.05, 0) is 42.9 Å². The second-order valence-corrected chi connectivity index (χ2v) is 10.8. The summed E-state index contributed by atoms with van der Waals surface area (Å²) in [6.45, 7) is 5.02.